The molecular formula is C26H27N3O3. The monoisotopic (exact) mass is 429 g/mol. The summed E-state index contributed by atoms with van der Waals surface area (Å²) < 4.78 is 7.19. The smallest absolute Gasteiger partial charge is 0.261 e. The maximum absolute atomic E-state index is 13.6. The molecule has 1 atom stereocenters. The van der Waals surface area contributed by atoms with Crippen molar-refractivity contribution in [3.05, 3.63) is 100.0 Å². The first-order chi connectivity index (χ1) is 15.5. The number of carbonyl (C=O) groups is 1. The van der Waals surface area contributed by atoms with Gasteiger partial charge in [-0.05, 0) is 62.2 Å². The molecule has 32 heavy (non-hydrogen) atoms. The number of aromatic nitrogens is 2. The van der Waals surface area contributed by atoms with Crippen molar-refractivity contribution in [2.75, 3.05) is 0 Å². The molecule has 2 aromatic carbocycles. The van der Waals surface area contributed by atoms with Crippen LogP contribution in [0.5, 0.6) is 0 Å². The summed E-state index contributed by atoms with van der Waals surface area (Å²) in [6.45, 7) is 6.64. The summed E-state index contributed by atoms with van der Waals surface area (Å²) in [7, 11) is 0. The highest BCUT2D eigenvalue weighted by Gasteiger charge is 2.27. The fourth-order valence-corrected chi connectivity index (χ4v) is 3.95. The first-order valence-corrected chi connectivity index (χ1v) is 10.9. The van der Waals surface area contributed by atoms with Crippen LogP contribution in [0.15, 0.2) is 76.1 Å². The Balaban J connectivity index is 1.80. The van der Waals surface area contributed by atoms with Gasteiger partial charge in [-0.1, -0.05) is 31.2 Å². The van der Waals surface area contributed by atoms with Crippen LogP contribution < -0.4 is 5.56 Å². The molecule has 0 fully saturated rings. The van der Waals surface area contributed by atoms with Gasteiger partial charge in [0.1, 0.15) is 11.6 Å². The lowest BCUT2D eigenvalue weighted by Gasteiger charge is -2.30. The topological polar surface area (TPSA) is 68.3 Å². The van der Waals surface area contributed by atoms with E-state index < -0.39 is 6.04 Å². The van der Waals surface area contributed by atoms with Crippen molar-refractivity contribution < 1.29 is 9.21 Å². The molecule has 4 rings (SSSR count). The number of hydrogen-bond donors (Lipinski definition) is 0. The summed E-state index contributed by atoms with van der Waals surface area (Å²) in [5, 5.41) is 0.573. The largest absolute Gasteiger partial charge is 0.467 e. The molecular weight excluding hydrogens is 402 g/mol. The third kappa shape index (κ3) is 4.08. The highest BCUT2D eigenvalue weighted by molar-refractivity contribution is 5.94. The molecule has 4 aromatic rings. The summed E-state index contributed by atoms with van der Waals surface area (Å²) in [6.07, 6.45) is 2.50. The Labute approximate surface area is 187 Å². The molecule has 6 heteroatoms. The number of nitrogens with zero attached hydrogens (tertiary/aromatic N) is 3. The molecule has 0 spiro atoms. The normalized spacial score (nSPS) is 12.1. The lowest BCUT2D eigenvalue weighted by molar-refractivity contribution is 0.0646. The van der Waals surface area contributed by atoms with Crippen LogP contribution in [0.4, 0.5) is 0 Å². The van der Waals surface area contributed by atoms with Crippen molar-refractivity contribution in [2.24, 2.45) is 0 Å². The molecule has 2 aromatic heterocycles. The highest BCUT2D eigenvalue weighted by atomic mass is 16.3. The molecule has 164 valence electrons. The average molecular weight is 430 g/mol. The molecule has 0 saturated carbocycles. The van der Waals surface area contributed by atoms with E-state index in [1.54, 1.807) is 27.9 Å². The predicted octanol–water partition coefficient (Wildman–Crippen LogP) is 4.98. The van der Waals surface area contributed by atoms with Gasteiger partial charge in [0.15, 0.2) is 0 Å². The van der Waals surface area contributed by atoms with Crippen LogP contribution in [-0.2, 0) is 19.5 Å². The number of rotatable bonds is 7. The predicted molar refractivity (Wildman–Crippen MR) is 124 cm³/mol. The van der Waals surface area contributed by atoms with E-state index in [9.17, 15) is 9.59 Å². The van der Waals surface area contributed by atoms with E-state index in [1.807, 2.05) is 62.4 Å². The number of carbonyl (C=O) groups excluding carboxylic acids is 1. The Morgan fingerprint density at radius 3 is 2.47 bits per heavy atom. The van der Waals surface area contributed by atoms with Gasteiger partial charge in [-0.2, -0.15) is 0 Å². The molecule has 2 heterocycles. The van der Waals surface area contributed by atoms with E-state index in [-0.39, 0.29) is 18.0 Å². The Morgan fingerprint density at radius 2 is 1.81 bits per heavy atom. The van der Waals surface area contributed by atoms with E-state index in [0.717, 1.165) is 6.42 Å². The Bertz CT molecular complexity index is 1270. The summed E-state index contributed by atoms with van der Waals surface area (Å²) in [4.78, 5) is 33.2. The summed E-state index contributed by atoms with van der Waals surface area (Å²) in [5.74, 6) is 1.09. The minimum Gasteiger partial charge on any atom is -0.467 e. The molecule has 0 aliphatic carbocycles. The van der Waals surface area contributed by atoms with Gasteiger partial charge in [-0.15, -0.1) is 0 Å². The Morgan fingerprint density at radius 1 is 1.06 bits per heavy atom. The average Bonchev–Trinajstić information content (AvgIpc) is 3.35. The minimum absolute atomic E-state index is 0.0994. The standard InChI is InChI=1S/C26H27N3O3/c1-4-19-12-14-20(15-13-19)25(30)29(17-21-9-8-16-32-21)18(3)24-27-23-11-7-6-10-22(23)26(31)28(24)5-2/h6-16,18H,4-5,17H2,1-3H3. The molecule has 0 bridgehead atoms. The maximum atomic E-state index is 13.6. The van der Waals surface area contributed by atoms with Crippen LogP contribution in [-0.4, -0.2) is 20.4 Å². The molecule has 0 N–H and O–H groups in total. The van der Waals surface area contributed by atoms with Crippen LogP contribution in [0.2, 0.25) is 0 Å². The highest BCUT2D eigenvalue weighted by Crippen LogP contribution is 2.25. The number of hydrogen-bond acceptors (Lipinski definition) is 4. The first-order valence-electron chi connectivity index (χ1n) is 10.9. The van der Waals surface area contributed by atoms with Crippen LogP contribution in [0.1, 0.15) is 54.3 Å². The van der Waals surface area contributed by atoms with E-state index >= 15 is 0 Å². The van der Waals surface area contributed by atoms with E-state index in [2.05, 4.69) is 6.92 Å². The van der Waals surface area contributed by atoms with Crippen molar-refractivity contribution in [2.45, 2.75) is 46.3 Å². The quantitative estimate of drug-likeness (QED) is 0.416. The van der Waals surface area contributed by atoms with Gasteiger partial charge in [0, 0.05) is 12.1 Å². The van der Waals surface area contributed by atoms with Crippen molar-refractivity contribution in [3.63, 3.8) is 0 Å². The van der Waals surface area contributed by atoms with Gasteiger partial charge >= 0.3 is 0 Å². The molecule has 0 radical (unpaired) electrons. The van der Waals surface area contributed by atoms with Crippen molar-refractivity contribution in [3.8, 4) is 0 Å². The zero-order valence-electron chi connectivity index (χ0n) is 18.6. The van der Waals surface area contributed by atoms with Crippen molar-refractivity contribution in [1.29, 1.82) is 0 Å². The van der Waals surface area contributed by atoms with Gasteiger partial charge in [0.05, 0.1) is 29.8 Å². The van der Waals surface area contributed by atoms with Crippen LogP contribution in [0.3, 0.4) is 0 Å². The fraction of sp³-hybridized carbons (Fsp3) is 0.269. The number of aryl methyl sites for hydroxylation is 1. The third-order valence-corrected chi connectivity index (χ3v) is 5.82. The van der Waals surface area contributed by atoms with Crippen LogP contribution in [0.25, 0.3) is 10.9 Å². The third-order valence-electron chi connectivity index (χ3n) is 5.82. The van der Waals surface area contributed by atoms with Crippen molar-refractivity contribution >= 4 is 16.8 Å². The lowest BCUT2D eigenvalue weighted by Crippen LogP contribution is -2.37. The van der Waals surface area contributed by atoms with Gasteiger partial charge in [0.25, 0.3) is 11.5 Å². The lowest BCUT2D eigenvalue weighted by atomic mass is 10.1. The van der Waals surface area contributed by atoms with Crippen molar-refractivity contribution in [1.82, 2.24) is 14.5 Å². The molecule has 6 nitrogen and oxygen atoms in total. The molecule has 1 amide bonds. The second-order valence-electron chi connectivity index (χ2n) is 7.78. The van der Waals surface area contributed by atoms with E-state index in [1.165, 1.54) is 5.56 Å². The van der Waals surface area contributed by atoms with Crippen LogP contribution in [0, 0.1) is 0 Å². The van der Waals surface area contributed by atoms with Gasteiger partial charge in [0.2, 0.25) is 0 Å². The number of fused-ring (bicyclic) bond motifs is 1. The number of amides is 1. The number of benzene rings is 2. The minimum atomic E-state index is -0.448. The molecule has 0 saturated heterocycles. The second kappa shape index (κ2) is 9.22. The summed E-state index contributed by atoms with van der Waals surface area (Å²) in [5.41, 5.74) is 2.29. The zero-order chi connectivity index (χ0) is 22.7. The maximum Gasteiger partial charge on any atom is 0.261 e. The molecule has 0 aliphatic rings. The van der Waals surface area contributed by atoms with Gasteiger partial charge in [-0.25, -0.2) is 4.98 Å². The Kier molecular flexibility index (Phi) is 6.21. The number of furan rings is 1. The number of para-hydroxylation sites is 1. The Hall–Kier alpha value is -3.67. The first kappa shape index (κ1) is 21.6. The van der Waals surface area contributed by atoms with Gasteiger partial charge in [-0.3, -0.25) is 14.2 Å². The molecule has 0 aliphatic heterocycles. The second-order valence-corrected chi connectivity index (χ2v) is 7.78. The SMILES string of the molecule is CCc1ccc(C(=O)N(Cc2ccco2)C(C)c2nc3ccccc3c(=O)n2CC)cc1. The fourth-order valence-electron chi connectivity index (χ4n) is 3.95. The van der Waals surface area contributed by atoms with E-state index in [0.29, 0.717) is 34.6 Å². The van der Waals surface area contributed by atoms with Gasteiger partial charge < -0.3 is 9.32 Å². The van der Waals surface area contributed by atoms with E-state index in [4.69, 9.17) is 9.40 Å². The summed E-state index contributed by atoms with van der Waals surface area (Å²) in [6, 6.07) is 18.1. The van der Waals surface area contributed by atoms with Crippen LogP contribution >= 0.6 is 0 Å². The summed E-state index contributed by atoms with van der Waals surface area (Å²) >= 11 is 0. The zero-order valence-corrected chi connectivity index (χ0v) is 18.6. The molecule has 1 unspecified atom stereocenters.